The van der Waals surface area contributed by atoms with Crippen molar-refractivity contribution < 1.29 is 14.3 Å². The van der Waals surface area contributed by atoms with Gasteiger partial charge in [-0.05, 0) is 24.7 Å². The second kappa shape index (κ2) is 11.5. The van der Waals surface area contributed by atoms with E-state index in [0.717, 1.165) is 11.3 Å². The van der Waals surface area contributed by atoms with E-state index in [0.29, 0.717) is 32.7 Å². The molecule has 2 N–H and O–H groups in total. The summed E-state index contributed by atoms with van der Waals surface area (Å²) in [4.78, 5) is 11.5. The Bertz CT molecular complexity index is 388. The zero-order chi connectivity index (χ0) is 13.9. The van der Waals surface area contributed by atoms with Gasteiger partial charge in [-0.25, -0.2) is 0 Å². The standard InChI is InChI=1S/C14H22N2O3.ClH/c1-15-7-6-14(17)16-11-12-4-3-5-13(10-12)19-9-8-18-2;/h3-5,10,15H,6-9,11H2,1-2H3,(H,16,17);1H. The molecule has 0 atom stereocenters. The van der Waals surface area contributed by atoms with Crippen LogP contribution in [0.25, 0.3) is 0 Å². The van der Waals surface area contributed by atoms with Gasteiger partial charge < -0.3 is 20.1 Å². The summed E-state index contributed by atoms with van der Waals surface area (Å²) in [5, 5.41) is 5.81. The number of rotatable bonds is 9. The summed E-state index contributed by atoms with van der Waals surface area (Å²) in [6, 6.07) is 7.69. The summed E-state index contributed by atoms with van der Waals surface area (Å²) in [6.45, 7) is 2.29. The normalized spacial score (nSPS) is 9.70. The van der Waals surface area contributed by atoms with E-state index in [2.05, 4.69) is 10.6 Å². The molecule has 1 rings (SSSR count). The molecule has 0 aliphatic carbocycles. The number of nitrogens with one attached hydrogen (secondary N) is 2. The average molecular weight is 303 g/mol. The number of carbonyl (C=O) groups excluding carboxylic acids is 1. The van der Waals surface area contributed by atoms with Crippen LogP contribution in [0.15, 0.2) is 24.3 Å². The highest BCUT2D eigenvalue weighted by Gasteiger charge is 2.01. The summed E-state index contributed by atoms with van der Waals surface area (Å²) in [7, 11) is 3.47. The third-order valence-corrected chi connectivity index (χ3v) is 2.55. The molecule has 0 spiro atoms. The molecule has 20 heavy (non-hydrogen) atoms. The van der Waals surface area contributed by atoms with Crippen molar-refractivity contribution >= 4 is 18.3 Å². The largest absolute Gasteiger partial charge is 0.491 e. The highest BCUT2D eigenvalue weighted by Crippen LogP contribution is 2.13. The first-order valence-corrected chi connectivity index (χ1v) is 6.38. The van der Waals surface area contributed by atoms with Crippen molar-refractivity contribution in [1.29, 1.82) is 0 Å². The minimum Gasteiger partial charge on any atom is -0.491 e. The van der Waals surface area contributed by atoms with Crippen LogP contribution < -0.4 is 15.4 Å². The van der Waals surface area contributed by atoms with E-state index >= 15 is 0 Å². The van der Waals surface area contributed by atoms with Gasteiger partial charge in [-0.3, -0.25) is 4.79 Å². The molecule has 0 heterocycles. The Morgan fingerprint density at radius 3 is 2.80 bits per heavy atom. The van der Waals surface area contributed by atoms with Gasteiger partial charge in [0.25, 0.3) is 0 Å². The Labute approximate surface area is 126 Å². The highest BCUT2D eigenvalue weighted by molar-refractivity contribution is 5.85. The molecule has 0 aromatic heterocycles. The first kappa shape index (κ1) is 18.7. The molecule has 0 bridgehead atoms. The van der Waals surface area contributed by atoms with Crippen LogP contribution in [0.3, 0.4) is 0 Å². The van der Waals surface area contributed by atoms with Gasteiger partial charge in [0.2, 0.25) is 5.91 Å². The van der Waals surface area contributed by atoms with Crippen LogP contribution in [0.2, 0.25) is 0 Å². The van der Waals surface area contributed by atoms with Crippen LogP contribution in [0.4, 0.5) is 0 Å². The lowest BCUT2D eigenvalue weighted by molar-refractivity contribution is -0.121. The lowest BCUT2D eigenvalue weighted by Gasteiger charge is -2.08. The molecular formula is C14H23ClN2O3. The molecule has 0 saturated heterocycles. The number of benzene rings is 1. The van der Waals surface area contributed by atoms with Gasteiger partial charge in [0.05, 0.1) is 6.61 Å². The van der Waals surface area contributed by atoms with Crippen LogP contribution in [-0.2, 0) is 16.1 Å². The van der Waals surface area contributed by atoms with Gasteiger partial charge in [-0.2, -0.15) is 0 Å². The van der Waals surface area contributed by atoms with Crippen molar-refractivity contribution in [3.63, 3.8) is 0 Å². The number of hydrogen-bond donors (Lipinski definition) is 2. The Kier molecular flexibility index (Phi) is 10.8. The van der Waals surface area contributed by atoms with Gasteiger partial charge in [-0.1, -0.05) is 12.1 Å². The van der Waals surface area contributed by atoms with E-state index in [1.54, 1.807) is 7.11 Å². The fraction of sp³-hybridized carbons (Fsp3) is 0.500. The van der Waals surface area contributed by atoms with Gasteiger partial charge >= 0.3 is 0 Å². The molecule has 5 nitrogen and oxygen atoms in total. The van der Waals surface area contributed by atoms with E-state index < -0.39 is 0 Å². The maximum Gasteiger partial charge on any atom is 0.221 e. The van der Waals surface area contributed by atoms with Crippen LogP contribution in [0.1, 0.15) is 12.0 Å². The number of halogens is 1. The zero-order valence-corrected chi connectivity index (χ0v) is 12.8. The second-order valence-electron chi connectivity index (χ2n) is 4.12. The zero-order valence-electron chi connectivity index (χ0n) is 12.0. The summed E-state index contributed by atoms with van der Waals surface area (Å²) in [6.07, 6.45) is 0.487. The van der Waals surface area contributed by atoms with Gasteiger partial charge in [0.15, 0.2) is 0 Å². The third-order valence-electron chi connectivity index (χ3n) is 2.55. The lowest BCUT2D eigenvalue weighted by atomic mass is 10.2. The van der Waals surface area contributed by atoms with Gasteiger partial charge in [-0.15, -0.1) is 12.4 Å². The Balaban J connectivity index is 0.00000361. The van der Waals surface area contributed by atoms with Gasteiger partial charge in [0.1, 0.15) is 12.4 Å². The summed E-state index contributed by atoms with van der Waals surface area (Å²) >= 11 is 0. The predicted octanol–water partition coefficient (Wildman–Crippen LogP) is 1.36. The van der Waals surface area contributed by atoms with Crippen molar-refractivity contribution in [3.8, 4) is 5.75 Å². The lowest BCUT2D eigenvalue weighted by Crippen LogP contribution is -2.26. The second-order valence-corrected chi connectivity index (χ2v) is 4.12. The van der Waals surface area contributed by atoms with E-state index in [1.807, 2.05) is 31.3 Å². The van der Waals surface area contributed by atoms with Crippen LogP contribution in [0.5, 0.6) is 5.75 Å². The Morgan fingerprint density at radius 1 is 1.30 bits per heavy atom. The van der Waals surface area contributed by atoms with Gasteiger partial charge in [0, 0.05) is 26.6 Å². The van der Waals surface area contributed by atoms with E-state index in [4.69, 9.17) is 9.47 Å². The molecule has 0 aliphatic rings. The van der Waals surface area contributed by atoms with Crippen molar-refractivity contribution in [1.82, 2.24) is 10.6 Å². The molecular weight excluding hydrogens is 280 g/mol. The van der Waals surface area contributed by atoms with Crippen LogP contribution in [0, 0.1) is 0 Å². The molecule has 0 radical (unpaired) electrons. The van der Waals surface area contributed by atoms with Crippen molar-refractivity contribution in [2.24, 2.45) is 0 Å². The number of hydrogen-bond acceptors (Lipinski definition) is 4. The molecule has 1 aromatic carbocycles. The summed E-state index contributed by atoms with van der Waals surface area (Å²) in [5.74, 6) is 0.832. The number of methoxy groups -OCH3 is 1. The molecule has 0 fully saturated rings. The van der Waals surface area contributed by atoms with Crippen molar-refractivity contribution in [3.05, 3.63) is 29.8 Å². The SMILES string of the molecule is CNCCC(=O)NCc1cccc(OCCOC)c1.Cl. The number of amides is 1. The Morgan fingerprint density at radius 2 is 2.10 bits per heavy atom. The van der Waals surface area contributed by atoms with Crippen molar-refractivity contribution in [2.45, 2.75) is 13.0 Å². The highest BCUT2D eigenvalue weighted by atomic mass is 35.5. The quantitative estimate of drug-likeness (QED) is 0.676. The number of carbonyl (C=O) groups is 1. The summed E-state index contributed by atoms with van der Waals surface area (Å²) in [5.41, 5.74) is 1.02. The smallest absolute Gasteiger partial charge is 0.221 e. The number of ether oxygens (including phenoxy) is 2. The maximum atomic E-state index is 11.5. The predicted molar refractivity (Wildman–Crippen MR) is 81.5 cm³/mol. The molecule has 1 aromatic rings. The van der Waals surface area contributed by atoms with E-state index in [9.17, 15) is 4.79 Å². The molecule has 1 amide bonds. The molecule has 114 valence electrons. The van der Waals surface area contributed by atoms with Crippen molar-refractivity contribution in [2.75, 3.05) is 33.9 Å². The minimum absolute atomic E-state index is 0. The molecule has 0 unspecified atom stereocenters. The fourth-order valence-corrected chi connectivity index (χ4v) is 1.52. The molecule has 0 saturated carbocycles. The van der Waals surface area contributed by atoms with E-state index in [1.165, 1.54) is 0 Å². The maximum absolute atomic E-state index is 11.5. The van der Waals surface area contributed by atoms with E-state index in [-0.39, 0.29) is 18.3 Å². The first-order chi connectivity index (χ1) is 9.26. The summed E-state index contributed by atoms with van der Waals surface area (Å²) < 4.78 is 10.4. The Hall–Kier alpha value is -1.30. The topological polar surface area (TPSA) is 59.6 Å². The first-order valence-electron chi connectivity index (χ1n) is 6.38. The minimum atomic E-state index is 0. The fourth-order valence-electron chi connectivity index (χ4n) is 1.52. The monoisotopic (exact) mass is 302 g/mol. The average Bonchev–Trinajstić information content (AvgIpc) is 2.44. The third kappa shape index (κ3) is 7.99. The van der Waals surface area contributed by atoms with Crippen LogP contribution >= 0.6 is 12.4 Å². The molecule has 6 heteroatoms. The molecule has 0 aliphatic heterocycles. The van der Waals surface area contributed by atoms with Crippen LogP contribution in [-0.4, -0.2) is 39.8 Å².